The number of methoxy groups -OCH3 is 1. The molecule has 0 spiro atoms. The molecule has 1 atom stereocenters. The summed E-state index contributed by atoms with van der Waals surface area (Å²) in [4.78, 5) is 10.8. The van der Waals surface area contributed by atoms with Crippen LogP contribution in [-0.2, 0) is 14.3 Å². The highest BCUT2D eigenvalue weighted by Crippen LogP contribution is 2.39. The molecule has 0 amide bonds. The van der Waals surface area contributed by atoms with Gasteiger partial charge >= 0.3 is 5.97 Å². The van der Waals surface area contributed by atoms with E-state index in [1.54, 1.807) is 6.92 Å². The van der Waals surface area contributed by atoms with Crippen LogP contribution < -0.4 is 0 Å². The largest absolute Gasteiger partial charge is 0.469 e. The maximum absolute atomic E-state index is 12.4. The van der Waals surface area contributed by atoms with Crippen LogP contribution in [0.5, 0.6) is 0 Å². The molecule has 82 valence electrons. The van der Waals surface area contributed by atoms with Crippen molar-refractivity contribution < 1.29 is 23.0 Å². The number of halogens is 2. The van der Waals surface area contributed by atoms with Gasteiger partial charge in [0, 0.05) is 12.8 Å². The van der Waals surface area contributed by atoms with Crippen LogP contribution in [0.3, 0.4) is 0 Å². The van der Waals surface area contributed by atoms with Crippen LogP contribution in [0, 0.1) is 0 Å². The molecule has 0 unspecified atom stereocenters. The molecular weight excluding hydrogens is 194 g/mol. The molecule has 3 nitrogen and oxygen atoms in total. The van der Waals surface area contributed by atoms with Gasteiger partial charge in [-0.2, -0.15) is 0 Å². The van der Waals surface area contributed by atoms with Crippen molar-refractivity contribution in [3.8, 4) is 0 Å². The molecule has 0 radical (unpaired) electrons. The zero-order valence-corrected chi connectivity index (χ0v) is 8.26. The average Bonchev–Trinajstić information content (AvgIpc) is 2.00. The highest BCUT2D eigenvalue weighted by molar-refractivity contribution is 5.69. The predicted molar refractivity (Wildman–Crippen MR) is 45.1 cm³/mol. The van der Waals surface area contributed by atoms with Crippen LogP contribution in [0.1, 0.15) is 26.2 Å². The van der Waals surface area contributed by atoms with Gasteiger partial charge in [0.25, 0.3) is 5.92 Å². The van der Waals surface area contributed by atoms with E-state index < -0.39 is 12.0 Å². The third-order valence-electron chi connectivity index (χ3n) is 2.16. The van der Waals surface area contributed by atoms with Crippen LogP contribution in [0.4, 0.5) is 8.78 Å². The number of alkyl halides is 2. The second-order valence-electron chi connectivity index (χ2n) is 3.61. The molecule has 0 N–H and O–H groups in total. The minimum Gasteiger partial charge on any atom is -0.469 e. The molecule has 0 saturated heterocycles. The van der Waals surface area contributed by atoms with Crippen molar-refractivity contribution in [1.29, 1.82) is 0 Å². The molecule has 14 heavy (non-hydrogen) atoms. The number of carbonyl (C=O) groups excluding carboxylic acids is 1. The smallest absolute Gasteiger partial charge is 0.308 e. The number of hydrogen-bond acceptors (Lipinski definition) is 3. The Kier molecular flexibility index (Phi) is 3.42. The summed E-state index contributed by atoms with van der Waals surface area (Å²) in [5.41, 5.74) is 0. The summed E-state index contributed by atoms with van der Waals surface area (Å²) >= 11 is 0. The maximum atomic E-state index is 12.4. The number of hydrogen-bond donors (Lipinski definition) is 0. The van der Waals surface area contributed by atoms with Crippen LogP contribution >= 0.6 is 0 Å². The fourth-order valence-electron chi connectivity index (χ4n) is 1.40. The quantitative estimate of drug-likeness (QED) is 0.660. The molecule has 5 heteroatoms. The summed E-state index contributed by atoms with van der Waals surface area (Å²) in [7, 11) is 1.28. The van der Waals surface area contributed by atoms with Gasteiger partial charge < -0.3 is 9.47 Å². The van der Waals surface area contributed by atoms with Crippen molar-refractivity contribution in [2.75, 3.05) is 7.11 Å². The van der Waals surface area contributed by atoms with E-state index >= 15 is 0 Å². The molecular formula is C9H14F2O3. The Hall–Kier alpha value is -0.710. The van der Waals surface area contributed by atoms with Crippen molar-refractivity contribution in [2.24, 2.45) is 0 Å². The monoisotopic (exact) mass is 208 g/mol. The third kappa shape index (κ3) is 3.21. The average molecular weight is 208 g/mol. The van der Waals surface area contributed by atoms with Crippen LogP contribution in [0.25, 0.3) is 0 Å². The zero-order chi connectivity index (χ0) is 10.8. The Morgan fingerprint density at radius 1 is 1.57 bits per heavy atom. The Morgan fingerprint density at radius 3 is 2.57 bits per heavy atom. The van der Waals surface area contributed by atoms with Gasteiger partial charge in [-0.3, -0.25) is 4.79 Å². The van der Waals surface area contributed by atoms with E-state index in [9.17, 15) is 13.6 Å². The molecule has 0 heterocycles. The third-order valence-corrected chi connectivity index (χ3v) is 2.16. The summed E-state index contributed by atoms with van der Waals surface area (Å²) < 4.78 is 34.4. The molecule has 0 aromatic heterocycles. The van der Waals surface area contributed by atoms with Gasteiger partial charge in [-0.25, -0.2) is 8.78 Å². The Balaban J connectivity index is 2.16. The summed E-state index contributed by atoms with van der Waals surface area (Å²) in [5, 5.41) is 0. The van der Waals surface area contributed by atoms with Crippen LogP contribution in [0.2, 0.25) is 0 Å². The maximum Gasteiger partial charge on any atom is 0.308 e. The molecule has 0 aliphatic heterocycles. The van der Waals surface area contributed by atoms with E-state index in [1.165, 1.54) is 7.11 Å². The standard InChI is InChI=1S/C9H14F2O3/c1-6(3-8(12)13-2)14-7-4-9(10,11)5-7/h6-7H,3-5H2,1-2H3/t6-/m1/s1. The minimum absolute atomic E-state index is 0.110. The predicted octanol–water partition coefficient (Wildman–Crippen LogP) is 1.75. The summed E-state index contributed by atoms with van der Waals surface area (Å²) in [6, 6.07) is 0. The SMILES string of the molecule is COC(=O)C[C@@H](C)OC1CC(F)(F)C1. The zero-order valence-electron chi connectivity index (χ0n) is 8.26. The lowest BCUT2D eigenvalue weighted by atomic mass is 9.91. The second kappa shape index (κ2) is 4.21. The second-order valence-corrected chi connectivity index (χ2v) is 3.61. The van der Waals surface area contributed by atoms with Crippen molar-refractivity contribution >= 4 is 5.97 Å². The molecule has 1 fully saturated rings. The van der Waals surface area contributed by atoms with Crippen LogP contribution in [-0.4, -0.2) is 31.2 Å². The van der Waals surface area contributed by atoms with Gasteiger partial charge in [0.15, 0.2) is 0 Å². The van der Waals surface area contributed by atoms with Crippen molar-refractivity contribution in [3.05, 3.63) is 0 Å². The molecule has 1 aliphatic carbocycles. The van der Waals surface area contributed by atoms with Gasteiger partial charge in [0.05, 0.1) is 25.7 Å². The Bertz CT molecular complexity index is 210. The van der Waals surface area contributed by atoms with E-state index in [0.29, 0.717) is 0 Å². The lowest BCUT2D eigenvalue weighted by molar-refractivity contribution is -0.182. The molecule has 0 aromatic rings. The number of rotatable bonds is 4. The summed E-state index contributed by atoms with van der Waals surface area (Å²) in [6.45, 7) is 1.67. The first-order chi connectivity index (χ1) is 6.43. The Labute approximate surface area is 81.4 Å². The summed E-state index contributed by atoms with van der Waals surface area (Å²) in [5.74, 6) is -2.96. The number of esters is 1. The van der Waals surface area contributed by atoms with E-state index in [1.807, 2.05) is 0 Å². The van der Waals surface area contributed by atoms with Gasteiger partial charge in [0.1, 0.15) is 0 Å². The van der Waals surface area contributed by atoms with E-state index in [-0.39, 0.29) is 31.3 Å². The molecule has 1 aliphatic rings. The molecule has 0 aromatic carbocycles. The Morgan fingerprint density at radius 2 is 2.14 bits per heavy atom. The van der Waals surface area contributed by atoms with E-state index in [0.717, 1.165) is 0 Å². The highest BCUT2D eigenvalue weighted by atomic mass is 19.3. The number of ether oxygens (including phenoxy) is 2. The van der Waals surface area contributed by atoms with Crippen LogP contribution in [0.15, 0.2) is 0 Å². The van der Waals surface area contributed by atoms with Gasteiger partial charge in [-0.05, 0) is 6.92 Å². The first-order valence-electron chi connectivity index (χ1n) is 4.53. The normalized spacial score (nSPS) is 22.6. The van der Waals surface area contributed by atoms with Gasteiger partial charge in [0.2, 0.25) is 0 Å². The van der Waals surface area contributed by atoms with Crippen molar-refractivity contribution in [3.63, 3.8) is 0 Å². The minimum atomic E-state index is -2.57. The summed E-state index contributed by atoms with van der Waals surface area (Å²) in [6.07, 6.45) is -1.14. The van der Waals surface area contributed by atoms with E-state index in [4.69, 9.17) is 4.74 Å². The fourth-order valence-corrected chi connectivity index (χ4v) is 1.40. The van der Waals surface area contributed by atoms with Gasteiger partial charge in [-0.1, -0.05) is 0 Å². The molecule has 1 rings (SSSR count). The first kappa shape index (κ1) is 11.4. The highest BCUT2D eigenvalue weighted by Gasteiger charge is 2.46. The van der Waals surface area contributed by atoms with Crippen molar-refractivity contribution in [2.45, 2.75) is 44.3 Å². The van der Waals surface area contributed by atoms with Crippen molar-refractivity contribution in [1.82, 2.24) is 0 Å². The van der Waals surface area contributed by atoms with Gasteiger partial charge in [-0.15, -0.1) is 0 Å². The van der Waals surface area contributed by atoms with E-state index in [2.05, 4.69) is 4.74 Å². The lowest BCUT2D eigenvalue weighted by Gasteiger charge is -2.36. The molecule has 0 bridgehead atoms. The first-order valence-corrected chi connectivity index (χ1v) is 4.53. The molecule has 1 saturated carbocycles. The lowest BCUT2D eigenvalue weighted by Crippen LogP contribution is -2.43. The topological polar surface area (TPSA) is 35.5 Å². The number of carbonyl (C=O) groups is 1. The fraction of sp³-hybridized carbons (Fsp3) is 0.889.